The molecule has 1 atom stereocenters. The number of carbonyl (C=O) groups is 2. The number of hydrogen-bond acceptors (Lipinski definition) is 6. The Labute approximate surface area is 168 Å². The van der Waals surface area contributed by atoms with Gasteiger partial charge in [-0.05, 0) is 24.6 Å². The highest BCUT2D eigenvalue weighted by molar-refractivity contribution is 6.11. The number of rotatable bonds is 5. The van der Waals surface area contributed by atoms with Crippen molar-refractivity contribution < 1.29 is 23.8 Å². The molecule has 0 saturated heterocycles. The third kappa shape index (κ3) is 4.48. The number of amides is 2. The molecule has 152 valence electrons. The van der Waals surface area contributed by atoms with E-state index in [1.807, 2.05) is 31.2 Å². The van der Waals surface area contributed by atoms with E-state index in [4.69, 9.17) is 14.2 Å². The molecule has 2 aromatic rings. The van der Waals surface area contributed by atoms with Crippen LogP contribution in [0.4, 0.5) is 0 Å². The number of methoxy groups -OCH3 is 3. The maximum absolute atomic E-state index is 12.7. The van der Waals surface area contributed by atoms with Gasteiger partial charge in [0.15, 0.2) is 11.5 Å². The number of carbonyl (C=O) groups excluding carboxylic acids is 2. The molecule has 1 aliphatic rings. The van der Waals surface area contributed by atoms with Crippen LogP contribution in [0.1, 0.15) is 33.9 Å². The quantitative estimate of drug-likeness (QED) is 0.807. The van der Waals surface area contributed by atoms with Crippen molar-refractivity contribution in [2.75, 3.05) is 21.3 Å². The van der Waals surface area contributed by atoms with Crippen LogP contribution in [0.5, 0.6) is 17.2 Å². The Bertz CT molecular complexity index is 928. The molecule has 1 aliphatic heterocycles. The number of hydrogen-bond donors (Lipinski definition) is 2. The van der Waals surface area contributed by atoms with E-state index in [0.29, 0.717) is 17.2 Å². The Morgan fingerprint density at radius 2 is 1.69 bits per heavy atom. The first-order chi connectivity index (χ1) is 13.9. The largest absolute Gasteiger partial charge is 0.493 e. The van der Waals surface area contributed by atoms with Crippen LogP contribution < -0.4 is 24.8 Å². The van der Waals surface area contributed by atoms with Gasteiger partial charge in [0.25, 0.3) is 5.91 Å². The zero-order valence-electron chi connectivity index (χ0n) is 16.7. The van der Waals surface area contributed by atoms with E-state index in [0.717, 1.165) is 11.1 Å². The lowest BCUT2D eigenvalue weighted by atomic mass is 10.0. The molecule has 0 aliphatic carbocycles. The van der Waals surface area contributed by atoms with Crippen LogP contribution >= 0.6 is 0 Å². The second kappa shape index (κ2) is 8.64. The highest BCUT2D eigenvalue weighted by Crippen LogP contribution is 2.38. The van der Waals surface area contributed by atoms with Gasteiger partial charge < -0.3 is 14.2 Å². The molecule has 29 heavy (non-hydrogen) atoms. The fourth-order valence-electron chi connectivity index (χ4n) is 3.03. The highest BCUT2D eigenvalue weighted by Gasteiger charge is 2.24. The molecule has 8 heteroatoms. The highest BCUT2D eigenvalue weighted by atomic mass is 16.5. The van der Waals surface area contributed by atoms with Crippen molar-refractivity contribution in [1.82, 2.24) is 10.6 Å². The second-order valence-electron chi connectivity index (χ2n) is 6.52. The summed E-state index contributed by atoms with van der Waals surface area (Å²) in [6.07, 6.45) is 0.215. The number of ether oxygens (including phenoxy) is 3. The van der Waals surface area contributed by atoms with Gasteiger partial charge in [0.2, 0.25) is 17.6 Å². The predicted molar refractivity (Wildman–Crippen MR) is 108 cm³/mol. The molecule has 2 amide bonds. The fourth-order valence-corrected chi connectivity index (χ4v) is 3.03. The summed E-state index contributed by atoms with van der Waals surface area (Å²) >= 11 is 0. The number of aliphatic imine (C=N–C) groups is 1. The maximum Gasteiger partial charge on any atom is 0.258 e. The zero-order valence-corrected chi connectivity index (χ0v) is 16.7. The molecule has 1 heterocycles. The molecule has 2 aromatic carbocycles. The Balaban J connectivity index is 1.85. The number of nitrogens with one attached hydrogen (secondary N) is 2. The Kier molecular flexibility index (Phi) is 6.01. The van der Waals surface area contributed by atoms with Gasteiger partial charge >= 0.3 is 0 Å². The van der Waals surface area contributed by atoms with E-state index in [9.17, 15) is 9.59 Å². The molecule has 0 spiro atoms. The van der Waals surface area contributed by atoms with E-state index < -0.39 is 5.91 Å². The summed E-state index contributed by atoms with van der Waals surface area (Å²) in [5.74, 6) is 0.506. The van der Waals surface area contributed by atoms with Gasteiger partial charge in [0, 0.05) is 5.56 Å². The molecule has 8 nitrogen and oxygen atoms in total. The van der Waals surface area contributed by atoms with Crippen LogP contribution in [-0.2, 0) is 4.79 Å². The third-order valence-electron chi connectivity index (χ3n) is 4.54. The van der Waals surface area contributed by atoms with Crippen molar-refractivity contribution in [1.29, 1.82) is 0 Å². The average Bonchev–Trinajstić information content (AvgIpc) is 2.72. The minimum absolute atomic E-state index is 0.102. The Morgan fingerprint density at radius 3 is 2.24 bits per heavy atom. The van der Waals surface area contributed by atoms with Gasteiger partial charge in [0.1, 0.15) is 0 Å². The Morgan fingerprint density at radius 1 is 1.07 bits per heavy atom. The lowest BCUT2D eigenvalue weighted by Crippen LogP contribution is -2.47. The molecular weight excluding hydrogens is 374 g/mol. The predicted octanol–water partition coefficient (Wildman–Crippen LogP) is 2.37. The van der Waals surface area contributed by atoms with Gasteiger partial charge in [-0.25, -0.2) is 4.99 Å². The molecule has 0 radical (unpaired) electrons. The summed E-state index contributed by atoms with van der Waals surface area (Å²) in [5, 5.41) is 5.24. The first kappa shape index (κ1) is 20.2. The van der Waals surface area contributed by atoms with Gasteiger partial charge in [-0.15, -0.1) is 0 Å². The topological polar surface area (TPSA) is 98.2 Å². The molecule has 1 unspecified atom stereocenters. The molecule has 0 fully saturated rings. The first-order valence-electron chi connectivity index (χ1n) is 9.00. The fraction of sp³-hybridized carbons (Fsp3) is 0.286. The zero-order chi connectivity index (χ0) is 21.0. The second-order valence-corrected chi connectivity index (χ2v) is 6.52. The van der Waals surface area contributed by atoms with Gasteiger partial charge in [-0.2, -0.15) is 0 Å². The lowest BCUT2D eigenvalue weighted by molar-refractivity contribution is -0.120. The van der Waals surface area contributed by atoms with E-state index >= 15 is 0 Å². The summed E-state index contributed by atoms with van der Waals surface area (Å²) in [5.41, 5.74) is 2.30. The van der Waals surface area contributed by atoms with Gasteiger partial charge in [-0.3, -0.25) is 20.2 Å². The van der Waals surface area contributed by atoms with Gasteiger partial charge in [0.05, 0.1) is 33.8 Å². The lowest BCUT2D eigenvalue weighted by Gasteiger charge is -2.22. The first-order valence-corrected chi connectivity index (χ1v) is 9.00. The van der Waals surface area contributed by atoms with Crippen molar-refractivity contribution in [3.63, 3.8) is 0 Å². The molecule has 2 N–H and O–H groups in total. The standard InChI is InChI=1S/C21H23N3O5/c1-12-5-7-13(8-6-12)15-11-18(25)23-21(22-15)24-20(26)14-9-16(27-2)19(29-4)17(10-14)28-3/h5-10,15H,11H2,1-4H3,(H2,22,23,24,25,26). The summed E-state index contributed by atoms with van der Waals surface area (Å²) < 4.78 is 15.8. The SMILES string of the molecule is COc1cc(C(=O)NC2=NC(c3ccc(C)cc3)CC(=O)N2)cc(OC)c1OC. The number of nitrogens with zero attached hydrogens (tertiary/aromatic N) is 1. The summed E-state index contributed by atoms with van der Waals surface area (Å²) in [6, 6.07) is 10.5. The van der Waals surface area contributed by atoms with Crippen molar-refractivity contribution in [3.8, 4) is 17.2 Å². The van der Waals surface area contributed by atoms with Crippen molar-refractivity contribution in [2.24, 2.45) is 4.99 Å². The average molecular weight is 397 g/mol. The van der Waals surface area contributed by atoms with Crippen LogP contribution in [-0.4, -0.2) is 39.1 Å². The summed E-state index contributed by atoms with van der Waals surface area (Å²) in [4.78, 5) is 29.4. The van der Waals surface area contributed by atoms with Crippen LogP contribution in [0.15, 0.2) is 41.4 Å². The van der Waals surface area contributed by atoms with E-state index in [1.165, 1.54) is 33.5 Å². The maximum atomic E-state index is 12.7. The van der Waals surface area contributed by atoms with Crippen molar-refractivity contribution in [2.45, 2.75) is 19.4 Å². The number of benzene rings is 2. The number of guanidine groups is 1. The number of aryl methyl sites for hydroxylation is 1. The van der Waals surface area contributed by atoms with Crippen LogP contribution in [0.3, 0.4) is 0 Å². The molecule has 3 rings (SSSR count). The van der Waals surface area contributed by atoms with Crippen LogP contribution in [0.2, 0.25) is 0 Å². The molecule has 0 aromatic heterocycles. The molecule has 0 saturated carbocycles. The molecule has 0 bridgehead atoms. The summed E-state index contributed by atoms with van der Waals surface area (Å²) in [7, 11) is 4.42. The van der Waals surface area contributed by atoms with Gasteiger partial charge in [-0.1, -0.05) is 29.8 Å². The normalized spacial score (nSPS) is 15.8. The van der Waals surface area contributed by atoms with Crippen molar-refractivity contribution in [3.05, 3.63) is 53.1 Å². The molecular formula is C21H23N3O5. The Hall–Kier alpha value is -3.55. The monoisotopic (exact) mass is 397 g/mol. The van der Waals surface area contributed by atoms with Crippen LogP contribution in [0.25, 0.3) is 0 Å². The minimum Gasteiger partial charge on any atom is -0.493 e. The van der Waals surface area contributed by atoms with Crippen molar-refractivity contribution >= 4 is 17.8 Å². The van der Waals surface area contributed by atoms with E-state index in [1.54, 1.807) is 0 Å². The van der Waals surface area contributed by atoms with E-state index in [2.05, 4.69) is 15.6 Å². The minimum atomic E-state index is -0.465. The van der Waals surface area contributed by atoms with Crippen LogP contribution in [0, 0.1) is 6.92 Å². The third-order valence-corrected chi connectivity index (χ3v) is 4.54. The smallest absolute Gasteiger partial charge is 0.258 e. The summed E-state index contributed by atoms with van der Waals surface area (Å²) in [6.45, 7) is 1.99. The van der Waals surface area contributed by atoms with E-state index in [-0.39, 0.29) is 29.9 Å².